The predicted octanol–water partition coefficient (Wildman–Crippen LogP) is 5.48. The minimum Gasteiger partial charge on any atom is -0.497 e. The molecule has 5 atom stereocenters. The Balaban J connectivity index is 1.51. The SMILES string of the molecule is C=CC1CN2CCC1CC2[C@H](NC(=S)Nc1cccc(OC)c1C)c1ccnc2ccc(OC)cc12. The number of anilines is 1. The summed E-state index contributed by atoms with van der Waals surface area (Å²) in [6.45, 7) is 8.27. The second-order valence-electron chi connectivity index (χ2n) is 9.74. The number of benzene rings is 2. The Morgan fingerprint density at radius 2 is 2.08 bits per heavy atom. The van der Waals surface area contributed by atoms with Gasteiger partial charge in [-0.25, -0.2) is 0 Å². The molecule has 36 heavy (non-hydrogen) atoms. The Hall–Kier alpha value is -3.16. The molecule has 7 heteroatoms. The molecule has 6 nitrogen and oxygen atoms in total. The van der Waals surface area contributed by atoms with Gasteiger partial charge in [0.2, 0.25) is 0 Å². The van der Waals surface area contributed by atoms with E-state index in [1.807, 2.05) is 43.5 Å². The normalized spacial score (nSPS) is 23.6. The third-order valence-electron chi connectivity index (χ3n) is 7.90. The van der Waals surface area contributed by atoms with Crippen molar-refractivity contribution in [1.29, 1.82) is 0 Å². The molecule has 2 bridgehead atoms. The molecule has 0 saturated carbocycles. The van der Waals surface area contributed by atoms with Crippen LogP contribution in [0.3, 0.4) is 0 Å². The molecule has 3 aliphatic heterocycles. The number of nitrogens with zero attached hydrogens (tertiary/aromatic N) is 2. The van der Waals surface area contributed by atoms with Crippen LogP contribution < -0.4 is 20.1 Å². The van der Waals surface area contributed by atoms with E-state index >= 15 is 0 Å². The fourth-order valence-electron chi connectivity index (χ4n) is 5.92. The van der Waals surface area contributed by atoms with E-state index in [4.69, 9.17) is 21.7 Å². The molecule has 4 unspecified atom stereocenters. The van der Waals surface area contributed by atoms with Crippen LogP contribution in [0.2, 0.25) is 0 Å². The lowest BCUT2D eigenvalue weighted by Crippen LogP contribution is -2.57. The fraction of sp³-hybridized carbons (Fsp3) is 0.379. The van der Waals surface area contributed by atoms with Gasteiger partial charge in [-0.15, -0.1) is 6.58 Å². The summed E-state index contributed by atoms with van der Waals surface area (Å²) in [6.07, 6.45) is 6.35. The molecule has 3 aliphatic rings. The number of aromatic nitrogens is 1. The average Bonchev–Trinajstić information content (AvgIpc) is 2.92. The van der Waals surface area contributed by atoms with Gasteiger partial charge in [0.25, 0.3) is 0 Å². The Morgan fingerprint density at radius 1 is 1.22 bits per heavy atom. The molecule has 2 N–H and O–H groups in total. The van der Waals surface area contributed by atoms with Crippen LogP contribution in [0.15, 0.2) is 61.3 Å². The lowest BCUT2D eigenvalue weighted by Gasteiger charge is -2.52. The van der Waals surface area contributed by atoms with Crippen LogP contribution >= 0.6 is 12.2 Å². The summed E-state index contributed by atoms with van der Waals surface area (Å²) in [5.74, 6) is 2.85. The first-order valence-corrected chi connectivity index (χ1v) is 12.9. The number of fused-ring (bicyclic) bond motifs is 4. The molecule has 188 valence electrons. The van der Waals surface area contributed by atoms with Gasteiger partial charge in [0.15, 0.2) is 5.11 Å². The van der Waals surface area contributed by atoms with Gasteiger partial charge in [-0.3, -0.25) is 9.88 Å². The summed E-state index contributed by atoms with van der Waals surface area (Å²) in [5, 5.41) is 8.80. The Bertz CT molecular complexity index is 1280. The third kappa shape index (κ3) is 4.65. The van der Waals surface area contributed by atoms with Crippen molar-refractivity contribution in [3.8, 4) is 11.5 Å². The molecule has 2 aromatic carbocycles. The summed E-state index contributed by atoms with van der Waals surface area (Å²) in [4.78, 5) is 7.23. The van der Waals surface area contributed by atoms with E-state index in [1.54, 1.807) is 14.2 Å². The predicted molar refractivity (Wildman–Crippen MR) is 150 cm³/mol. The van der Waals surface area contributed by atoms with Crippen LogP contribution in [0.1, 0.15) is 30.0 Å². The van der Waals surface area contributed by atoms with Crippen LogP contribution in [-0.4, -0.2) is 48.3 Å². The number of hydrogen-bond donors (Lipinski definition) is 2. The minimum absolute atomic E-state index is 0.0120. The Kier molecular flexibility index (Phi) is 7.12. The molecule has 3 fully saturated rings. The second-order valence-corrected chi connectivity index (χ2v) is 10.1. The Morgan fingerprint density at radius 3 is 2.81 bits per heavy atom. The number of hydrogen-bond acceptors (Lipinski definition) is 5. The number of nitrogens with one attached hydrogen (secondary N) is 2. The van der Waals surface area contributed by atoms with Crippen molar-refractivity contribution in [1.82, 2.24) is 15.2 Å². The van der Waals surface area contributed by atoms with Crippen molar-refractivity contribution in [2.45, 2.75) is 31.8 Å². The van der Waals surface area contributed by atoms with Crippen molar-refractivity contribution in [3.63, 3.8) is 0 Å². The number of rotatable bonds is 7. The molecule has 1 aromatic heterocycles. The van der Waals surface area contributed by atoms with E-state index in [-0.39, 0.29) is 6.04 Å². The van der Waals surface area contributed by atoms with Gasteiger partial charge in [-0.05, 0) is 92.3 Å². The van der Waals surface area contributed by atoms with E-state index < -0.39 is 0 Å². The highest BCUT2D eigenvalue weighted by Crippen LogP contribution is 2.42. The third-order valence-corrected chi connectivity index (χ3v) is 8.11. The van der Waals surface area contributed by atoms with E-state index in [2.05, 4.69) is 45.3 Å². The number of pyridine rings is 1. The van der Waals surface area contributed by atoms with Crippen LogP contribution in [0.25, 0.3) is 10.9 Å². The smallest absolute Gasteiger partial charge is 0.171 e. The maximum Gasteiger partial charge on any atom is 0.171 e. The maximum atomic E-state index is 5.89. The van der Waals surface area contributed by atoms with Gasteiger partial charge in [0.1, 0.15) is 11.5 Å². The van der Waals surface area contributed by atoms with Crippen molar-refractivity contribution >= 4 is 33.9 Å². The highest BCUT2D eigenvalue weighted by molar-refractivity contribution is 7.80. The van der Waals surface area contributed by atoms with Crippen LogP contribution in [-0.2, 0) is 0 Å². The molecule has 6 rings (SSSR count). The molecule has 0 spiro atoms. The summed E-state index contributed by atoms with van der Waals surface area (Å²) in [7, 11) is 3.38. The summed E-state index contributed by atoms with van der Waals surface area (Å²) < 4.78 is 11.1. The van der Waals surface area contributed by atoms with Gasteiger partial charge < -0.3 is 20.1 Å². The summed E-state index contributed by atoms with van der Waals surface area (Å²) >= 11 is 5.89. The van der Waals surface area contributed by atoms with Crippen molar-refractivity contribution < 1.29 is 9.47 Å². The van der Waals surface area contributed by atoms with Crippen molar-refractivity contribution in [3.05, 3.63) is 72.4 Å². The topological polar surface area (TPSA) is 58.7 Å². The average molecular weight is 503 g/mol. The molecule has 0 aliphatic carbocycles. The van der Waals surface area contributed by atoms with Crippen LogP contribution in [0.4, 0.5) is 5.69 Å². The van der Waals surface area contributed by atoms with Gasteiger partial charge in [0, 0.05) is 35.4 Å². The summed E-state index contributed by atoms with van der Waals surface area (Å²) in [6, 6.07) is 14.4. The fourth-order valence-corrected chi connectivity index (χ4v) is 6.16. The van der Waals surface area contributed by atoms with Gasteiger partial charge in [-0.1, -0.05) is 12.1 Å². The standard InChI is InChI=1S/C29H34N4O2S/c1-5-19-17-33-14-12-20(19)15-26(33)28(22-11-13-30-25-10-9-21(34-3)16-23(22)25)32-29(36)31-24-7-6-8-27(35-4)18(24)2/h5-11,13,16,19-20,26,28H,1,12,14-15,17H2,2-4H3,(H2,31,32,36)/t19?,20?,26?,28-/m1/s1. The first-order valence-electron chi connectivity index (χ1n) is 12.5. The first-order chi connectivity index (χ1) is 17.5. The molecule has 0 radical (unpaired) electrons. The Labute approximate surface area is 218 Å². The number of methoxy groups -OCH3 is 2. The van der Waals surface area contributed by atoms with E-state index in [1.165, 1.54) is 12.0 Å². The zero-order chi connectivity index (χ0) is 25.2. The zero-order valence-electron chi connectivity index (χ0n) is 21.2. The van der Waals surface area contributed by atoms with E-state index in [0.29, 0.717) is 23.0 Å². The molecular weight excluding hydrogens is 468 g/mol. The van der Waals surface area contributed by atoms with E-state index in [9.17, 15) is 0 Å². The van der Waals surface area contributed by atoms with Crippen LogP contribution in [0, 0.1) is 18.8 Å². The lowest BCUT2D eigenvalue weighted by atomic mass is 9.73. The highest BCUT2D eigenvalue weighted by atomic mass is 32.1. The quantitative estimate of drug-likeness (QED) is 0.328. The molecule has 0 amide bonds. The van der Waals surface area contributed by atoms with Gasteiger partial charge in [0.05, 0.1) is 25.8 Å². The molecular formula is C29H34N4O2S. The summed E-state index contributed by atoms with van der Waals surface area (Å²) in [5.41, 5.74) is 4.08. The second kappa shape index (κ2) is 10.4. The number of thiocarbonyl (C=S) groups is 1. The highest BCUT2D eigenvalue weighted by Gasteiger charge is 2.43. The number of ether oxygens (including phenoxy) is 2. The van der Waals surface area contributed by atoms with Gasteiger partial charge >= 0.3 is 0 Å². The van der Waals surface area contributed by atoms with Crippen molar-refractivity contribution in [2.75, 3.05) is 32.6 Å². The molecule has 4 heterocycles. The monoisotopic (exact) mass is 502 g/mol. The van der Waals surface area contributed by atoms with E-state index in [0.717, 1.165) is 53.2 Å². The largest absolute Gasteiger partial charge is 0.497 e. The maximum absolute atomic E-state index is 5.89. The zero-order valence-corrected chi connectivity index (χ0v) is 22.0. The first kappa shape index (κ1) is 24.5. The van der Waals surface area contributed by atoms with Crippen molar-refractivity contribution in [2.24, 2.45) is 11.8 Å². The minimum atomic E-state index is -0.0120. The number of piperidine rings is 3. The molecule has 3 aromatic rings. The van der Waals surface area contributed by atoms with Crippen LogP contribution in [0.5, 0.6) is 11.5 Å². The molecule has 3 saturated heterocycles. The van der Waals surface area contributed by atoms with Gasteiger partial charge in [-0.2, -0.15) is 0 Å². The lowest BCUT2D eigenvalue weighted by molar-refractivity contribution is 0.00443.